The number of carbonyl (C=O) groups is 2. The molecule has 2 aromatic carbocycles. The molecule has 11 heteroatoms. The molecular formula is C23H24N8O3. The molecule has 0 bridgehead atoms. The maximum absolute atomic E-state index is 13.2. The van der Waals surface area contributed by atoms with Gasteiger partial charge in [-0.15, -0.1) is 0 Å². The molecule has 0 aliphatic heterocycles. The molecule has 34 heavy (non-hydrogen) atoms. The van der Waals surface area contributed by atoms with E-state index in [1.807, 2.05) is 24.3 Å². The van der Waals surface area contributed by atoms with E-state index in [1.165, 1.54) is 6.21 Å². The summed E-state index contributed by atoms with van der Waals surface area (Å²) in [6, 6.07) is 13.5. The first kappa shape index (κ1) is 22.8. The zero-order valence-electron chi connectivity index (χ0n) is 18.5. The van der Waals surface area contributed by atoms with Crippen LogP contribution in [0.4, 0.5) is 11.5 Å². The van der Waals surface area contributed by atoms with Crippen LogP contribution in [-0.4, -0.2) is 50.4 Å². The number of ketones is 1. The molecule has 0 radical (unpaired) electrons. The molecule has 5 N–H and O–H groups in total. The van der Waals surface area contributed by atoms with Crippen LogP contribution in [0.15, 0.2) is 53.2 Å². The Hall–Kier alpha value is -4.38. The predicted octanol–water partition coefficient (Wildman–Crippen LogP) is 2.71. The number of nitrogens with one attached hydrogen (secondary N) is 3. The first-order chi connectivity index (χ1) is 16.5. The van der Waals surface area contributed by atoms with Crippen molar-refractivity contribution in [2.75, 3.05) is 17.2 Å². The van der Waals surface area contributed by atoms with Crippen molar-refractivity contribution in [1.29, 1.82) is 5.41 Å². The van der Waals surface area contributed by atoms with Gasteiger partial charge in [-0.25, -0.2) is 9.61 Å². The van der Waals surface area contributed by atoms with E-state index in [2.05, 4.69) is 25.9 Å². The number of rotatable bonds is 10. The molecule has 1 amide bonds. The van der Waals surface area contributed by atoms with Crippen LogP contribution in [0.5, 0.6) is 0 Å². The molecule has 174 valence electrons. The number of anilines is 2. The number of nitrogens with two attached hydrogens (primary N) is 1. The minimum atomic E-state index is -0.634. The molecule has 0 saturated carbocycles. The van der Waals surface area contributed by atoms with E-state index >= 15 is 0 Å². The number of carbonyl (C=O) groups excluding carboxylic acids is 2. The zero-order valence-corrected chi connectivity index (χ0v) is 18.5. The highest BCUT2D eigenvalue weighted by Gasteiger charge is 2.22. The van der Waals surface area contributed by atoms with E-state index in [0.29, 0.717) is 47.1 Å². The van der Waals surface area contributed by atoms with Crippen LogP contribution < -0.4 is 16.4 Å². The van der Waals surface area contributed by atoms with Gasteiger partial charge in [-0.05, 0) is 66.3 Å². The minimum absolute atomic E-state index is 0.00812. The van der Waals surface area contributed by atoms with Crippen LogP contribution in [-0.2, 0) is 11.3 Å². The lowest BCUT2D eigenvalue weighted by atomic mass is 10.1. The Kier molecular flexibility index (Phi) is 6.74. The second-order valence-corrected chi connectivity index (χ2v) is 7.67. The molecule has 1 atom stereocenters. The molecule has 0 saturated heterocycles. The van der Waals surface area contributed by atoms with Crippen LogP contribution >= 0.6 is 0 Å². The summed E-state index contributed by atoms with van der Waals surface area (Å²) in [5.74, 6) is 0.373. The standard InChI is InChI=1S/C23H24N8O3/c1-14(25)23(33)27-16-9-7-15(8-10-16)19(32)13-31-18-6-3-2-5-17(18)28-22(31)20-21(30-34-29-20)26-12-4-11-24/h2-3,5-11,14,24H,4,12-13,25H2,1H3,(H,26,30)(H,27,33). The summed E-state index contributed by atoms with van der Waals surface area (Å²) in [6.07, 6.45) is 1.81. The second-order valence-electron chi connectivity index (χ2n) is 7.67. The maximum Gasteiger partial charge on any atom is 0.240 e. The van der Waals surface area contributed by atoms with Gasteiger partial charge >= 0.3 is 0 Å². The monoisotopic (exact) mass is 460 g/mol. The number of amides is 1. The molecule has 0 spiro atoms. The van der Waals surface area contributed by atoms with Gasteiger partial charge < -0.3 is 26.3 Å². The summed E-state index contributed by atoms with van der Waals surface area (Å²) in [6.45, 7) is 2.09. The second kappa shape index (κ2) is 10.0. The molecule has 0 aliphatic rings. The molecule has 2 heterocycles. The average molecular weight is 460 g/mol. The maximum atomic E-state index is 13.2. The lowest BCUT2D eigenvalue weighted by Gasteiger charge is -2.10. The van der Waals surface area contributed by atoms with Gasteiger partial charge in [0.1, 0.15) is 0 Å². The SMILES string of the molecule is CC(N)C(=O)Nc1ccc(C(=O)Cn2c(-c3nonc3NCCC=N)nc3ccccc32)cc1. The number of fused-ring (bicyclic) bond motifs is 1. The van der Waals surface area contributed by atoms with E-state index in [0.717, 1.165) is 5.52 Å². The average Bonchev–Trinajstić information content (AvgIpc) is 3.44. The van der Waals surface area contributed by atoms with Crippen LogP contribution in [0, 0.1) is 5.41 Å². The molecular weight excluding hydrogens is 436 g/mol. The van der Waals surface area contributed by atoms with Gasteiger partial charge in [-0.1, -0.05) is 12.1 Å². The fraction of sp³-hybridized carbons (Fsp3) is 0.217. The third-order valence-electron chi connectivity index (χ3n) is 5.13. The fourth-order valence-electron chi connectivity index (χ4n) is 3.36. The van der Waals surface area contributed by atoms with Crippen LogP contribution in [0.1, 0.15) is 23.7 Å². The molecule has 2 aromatic heterocycles. The lowest BCUT2D eigenvalue weighted by molar-refractivity contribution is -0.117. The Morgan fingerprint density at radius 1 is 1.18 bits per heavy atom. The van der Waals surface area contributed by atoms with Gasteiger partial charge in [0.15, 0.2) is 17.3 Å². The van der Waals surface area contributed by atoms with Crippen molar-refractivity contribution in [3.63, 3.8) is 0 Å². The van der Waals surface area contributed by atoms with Crippen molar-refractivity contribution in [2.24, 2.45) is 5.73 Å². The first-order valence-corrected chi connectivity index (χ1v) is 10.7. The summed E-state index contributed by atoms with van der Waals surface area (Å²) < 4.78 is 6.70. The van der Waals surface area contributed by atoms with Gasteiger partial charge in [-0.2, -0.15) is 0 Å². The zero-order chi connectivity index (χ0) is 24.1. The Morgan fingerprint density at radius 2 is 1.94 bits per heavy atom. The highest BCUT2D eigenvalue weighted by atomic mass is 16.6. The first-order valence-electron chi connectivity index (χ1n) is 10.7. The van der Waals surface area contributed by atoms with Crippen molar-refractivity contribution in [3.05, 3.63) is 54.1 Å². The van der Waals surface area contributed by atoms with Crippen molar-refractivity contribution < 1.29 is 14.2 Å². The number of Topliss-reactive ketones (excluding diaryl/α,β-unsaturated/α-hetero) is 1. The lowest BCUT2D eigenvalue weighted by Crippen LogP contribution is -2.32. The minimum Gasteiger partial charge on any atom is -0.365 e. The normalized spacial score (nSPS) is 11.8. The van der Waals surface area contributed by atoms with Gasteiger partial charge in [0.05, 0.1) is 23.6 Å². The van der Waals surface area contributed by atoms with Crippen LogP contribution in [0.25, 0.3) is 22.6 Å². The third kappa shape index (κ3) is 4.84. The topological polar surface area (TPSA) is 165 Å². The number of hydrogen-bond acceptors (Lipinski definition) is 9. The molecule has 4 rings (SSSR count). The number of hydrogen-bond donors (Lipinski definition) is 4. The summed E-state index contributed by atoms with van der Waals surface area (Å²) in [5.41, 5.74) is 8.45. The van der Waals surface area contributed by atoms with E-state index in [4.69, 9.17) is 15.8 Å². The van der Waals surface area contributed by atoms with Gasteiger partial charge in [0.2, 0.25) is 11.7 Å². The fourth-order valence-corrected chi connectivity index (χ4v) is 3.36. The van der Waals surface area contributed by atoms with Gasteiger partial charge in [0.25, 0.3) is 0 Å². The summed E-state index contributed by atoms with van der Waals surface area (Å²) in [4.78, 5) is 29.6. The Balaban J connectivity index is 1.62. The van der Waals surface area contributed by atoms with Crippen LogP contribution in [0.2, 0.25) is 0 Å². The Morgan fingerprint density at radius 3 is 2.68 bits per heavy atom. The highest BCUT2D eigenvalue weighted by Crippen LogP contribution is 2.28. The van der Waals surface area contributed by atoms with E-state index < -0.39 is 6.04 Å². The smallest absolute Gasteiger partial charge is 0.240 e. The van der Waals surface area contributed by atoms with Crippen molar-refractivity contribution in [2.45, 2.75) is 25.9 Å². The Labute approximate surface area is 194 Å². The van der Waals surface area contributed by atoms with Gasteiger partial charge in [0, 0.05) is 17.8 Å². The summed E-state index contributed by atoms with van der Waals surface area (Å²) >= 11 is 0. The van der Waals surface area contributed by atoms with Crippen molar-refractivity contribution in [1.82, 2.24) is 19.9 Å². The number of benzene rings is 2. The predicted molar refractivity (Wildman–Crippen MR) is 128 cm³/mol. The summed E-state index contributed by atoms with van der Waals surface area (Å²) in [5, 5.41) is 20.9. The van der Waals surface area contributed by atoms with E-state index in [1.54, 1.807) is 35.8 Å². The largest absolute Gasteiger partial charge is 0.365 e. The molecule has 4 aromatic rings. The highest BCUT2D eigenvalue weighted by molar-refractivity contribution is 5.99. The van der Waals surface area contributed by atoms with E-state index in [-0.39, 0.29) is 18.2 Å². The summed E-state index contributed by atoms with van der Waals surface area (Å²) in [7, 11) is 0. The molecule has 0 aliphatic carbocycles. The Bertz CT molecular complexity index is 1320. The number of nitrogens with zero attached hydrogens (tertiary/aromatic N) is 4. The number of imidazole rings is 1. The van der Waals surface area contributed by atoms with Crippen LogP contribution in [0.3, 0.4) is 0 Å². The molecule has 0 fully saturated rings. The molecule has 1 unspecified atom stereocenters. The van der Waals surface area contributed by atoms with Crippen molar-refractivity contribution >= 4 is 40.4 Å². The number of aromatic nitrogens is 4. The quantitative estimate of drug-likeness (QED) is 0.159. The van der Waals surface area contributed by atoms with Crippen molar-refractivity contribution in [3.8, 4) is 11.5 Å². The third-order valence-corrected chi connectivity index (χ3v) is 5.13. The molecule has 11 nitrogen and oxygen atoms in total. The van der Waals surface area contributed by atoms with Gasteiger partial charge in [-0.3, -0.25) is 9.59 Å². The van der Waals surface area contributed by atoms with E-state index in [9.17, 15) is 9.59 Å². The number of para-hydroxylation sites is 2.